The van der Waals surface area contributed by atoms with E-state index in [-0.39, 0.29) is 17.5 Å². The minimum atomic E-state index is -3.63. The van der Waals surface area contributed by atoms with Gasteiger partial charge in [0.25, 0.3) is 0 Å². The van der Waals surface area contributed by atoms with E-state index in [4.69, 9.17) is 10.7 Å². The summed E-state index contributed by atoms with van der Waals surface area (Å²) >= 11 is 0. The van der Waals surface area contributed by atoms with Gasteiger partial charge in [-0.25, -0.2) is 12.8 Å². The summed E-state index contributed by atoms with van der Waals surface area (Å²) in [5.41, 5.74) is 1.03. The topological polar surface area (TPSA) is 34.1 Å². The lowest BCUT2D eigenvalue weighted by Crippen LogP contribution is -2.02. The molecule has 0 saturated carbocycles. The minimum absolute atomic E-state index is 0.177. The molecule has 0 spiro atoms. The SMILES string of the molecule is CCC(CC)c1ccc(CS(=O)(=O)Cl)cc1F. The predicted octanol–water partition coefficient (Wildman–Crippen LogP) is 3.80. The Kier molecular flexibility index (Phi) is 4.95. The first-order valence-corrected chi connectivity index (χ1v) is 8.05. The van der Waals surface area contributed by atoms with Gasteiger partial charge >= 0.3 is 0 Å². The fraction of sp³-hybridized carbons (Fsp3) is 0.500. The molecule has 0 aromatic heterocycles. The van der Waals surface area contributed by atoms with Gasteiger partial charge in [-0.2, -0.15) is 0 Å². The second-order valence-electron chi connectivity index (χ2n) is 4.05. The fourth-order valence-electron chi connectivity index (χ4n) is 1.92. The molecule has 0 radical (unpaired) electrons. The van der Waals surface area contributed by atoms with Gasteiger partial charge in [0.15, 0.2) is 0 Å². The largest absolute Gasteiger partial charge is 0.236 e. The van der Waals surface area contributed by atoms with E-state index in [1.807, 2.05) is 13.8 Å². The Balaban J connectivity index is 3.01. The van der Waals surface area contributed by atoms with Crippen molar-refractivity contribution in [2.45, 2.75) is 38.4 Å². The van der Waals surface area contributed by atoms with Crippen molar-refractivity contribution in [2.24, 2.45) is 0 Å². The molecule has 1 aromatic rings. The molecular weight excluding hydrogens is 263 g/mol. The van der Waals surface area contributed by atoms with Gasteiger partial charge in [0.05, 0.1) is 5.75 Å². The number of halogens is 2. The Morgan fingerprint density at radius 2 is 1.88 bits per heavy atom. The Hall–Kier alpha value is -0.610. The van der Waals surface area contributed by atoms with Crippen molar-refractivity contribution in [1.29, 1.82) is 0 Å². The van der Waals surface area contributed by atoms with Crippen LogP contribution >= 0.6 is 10.7 Å². The molecule has 96 valence electrons. The fourth-order valence-corrected chi connectivity index (χ4v) is 2.87. The average molecular weight is 279 g/mol. The summed E-state index contributed by atoms with van der Waals surface area (Å²) in [6.45, 7) is 4.01. The van der Waals surface area contributed by atoms with Crippen LogP contribution in [0.2, 0.25) is 0 Å². The van der Waals surface area contributed by atoms with E-state index in [9.17, 15) is 12.8 Å². The van der Waals surface area contributed by atoms with Gasteiger partial charge in [-0.15, -0.1) is 0 Å². The van der Waals surface area contributed by atoms with Gasteiger partial charge in [0.1, 0.15) is 5.82 Å². The van der Waals surface area contributed by atoms with Crippen LogP contribution in [0.25, 0.3) is 0 Å². The zero-order chi connectivity index (χ0) is 13.1. The highest BCUT2D eigenvalue weighted by atomic mass is 35.7. The van der Waals surface area contributed by atoms with E-state index in [0.717, 1.165) is 12.8 Å². The minimum Gasteiger partial charge on any atom is -0.212 e. The van der Waals surface area contributed by atoms with Gasteiger partial charge in [0, 0.05) is 10.7 Å². The van der Waals surface area contributed by atoms with Crippen LogP contribution in [0, 0.1) is 5.82 Å². The maximum absolute atomic E-state index is 13.8. The molecule has 0 saturated heterocycles. The molecular formula is C12H16ClFO2S. The standard InChI is InChI=1S/C12H16ClFO2S/c1-3-10(4-2)11-6-5-9(7-12(11)14)8-17(13,15)16/h5-7,10H,3-4,8H2,1-2H3. The second-order valence-corrected chi connectivity index (χ2v) is 6.83. The summed E-state index contributed by atoms with van der Waals surface area (Å²) in [4.78, 5) is 0. The quantitative estimate of drug-likeness (QED) is 0.768. The molecule has 0 N–H and O–H groups in total. The number of hydrogen-bond acceptors (Lipinski definition) is 2. The van der Waals surface area contributed by atoms with E-state index in [0.29, 0.717) is 11.1 Å². The predicted molar refractivity (Wildman–Crippen MR) is 68.2 cm³/mol. The smallest absolute Gasteiger partial charge is 0.212 e. The third-order valence-corrected chi connectivity index (χ3v) is 3.83. The maximum atomic E-state index is 13.8. The van der Waals surface area contributed by atoms with Gasteiger partial charge in [0.2, 0.25) is 9.05 Å². The number of hydrogen-bond donors (Lipinski definition) is 0. The van der Waals surface area contributed by atoms with Crippen molar-refractivity contribution >= 4 is 19.7 Å². The molecule has 0 bridgehead atoms. The Bertz CT molecular complexity index is 481. The molecule has 0 heterocycles. The summed E-state index contributed by atoms with van der Waals surface area (Å²) in [6, 6.07) is 4.54. The van der Waals surface area contributed by atoms with Crippen molar-refractivity contribution in [3.63, 3.8) is 0 Å². The van der Waals surface area contributed by atoms with Gasteiger partial charge < -0.3 is 0 Å². The lowest BCUT2D eigenvalue weighted by molar-refractivity contribution is 0.557. The molecule has 17 heavy (non-hydrogen) atoms. The third kappa shape index (κ3) is 4.28. The van der Waals surface area contributed by atoms with Crippen LogP contribution in [0.3, 0.4) is 0 Å². The van der Waals surface area contributed by atoms with Crippen molar-refractivity contribution in [3.05, 3.63) is 35.1 Å². The molecule has 0 fully saturated rings. The van der Waals surface area contributed by atoms with E-state index >= 15 is 0 Å². The van der Waals surface area contributed by atoms with Crippen LogP contribution in [0.1, 0.15) is 43.7 Å². The highest BCUT2D eigenvalue weighted by Gasteiger charge is 2.14. The maximum Gasteiger partial charge on any atom is 0.236 e. The number of benzene rings is 1. The van der Waals surface area contributed by atoms with Crippen LogP contribution in [0.15, 0.2) is 18.2 Å². The zero-order valence-corrected chi connectivity index (χ0v) is 11.5. The third-order valence-electron chi connectivity index (χ3n) is 2.83. The molecule has 5 heteroatoms. The summed E-state index contributed by atoms with van der Waals surface area (Å²) in [6.07, 6.45) is 1.72. The van der Waals surface area contributed by atoms with Crippen molar-refractivity contribution in [2.75, 3.05) is 0 Å². The molecule has 0 amide bonds. The molecule has 0 unspecified atom stereocenters. The highest BCUT2D eigenvalue weighted by Crippen LogP contribution is 2.26. The van der Waals surface area contributed by atoms with E-state index in [1.54, 1.807) is 12.1 Å². The van der Waals surface area contributed by atoms with Gasteiger partial charge in [-0.3, -0.25) is 0 Å². The molecule has 0 aliphatic heterocycles. The van der Waals surface area contributed by atoms with Gasteiger partial charge in [-0.1, -0.05) is 26.0 Å². The van der Waals surface area contributed by atoms with Crippen LogP contribution in [-0.4, -0.2) is 8.42 Å². The Morgan fingerprint density at radius 3 is 2.29 bits per heavy atom. The summed E-state index contributed by atoms with van der Waals surface area (Å²) in [7, 11) is 1.49. The molecule has 2 nitrogen and oxygen atoms in total. The first kappa shape index (κ1) is 14.5. The molecule has 0 aliphatic carbocycles. The summed E-state index contributed by atoms with van der Waals surface area (Å²) in [5.74, 6) is -0.512. The van der Waals surface area contributed by atoms with Crippen molar-refractivity contribution in [1.82, 2.24) is 0 Å². The molecule has 0 atom stereocenters. The van der Waals surface area contributed by atoms with Crippen LogP contribution in [0.5, 0.6) is 0 Å². The van der Waals surface area contributed by atoms with Crippen molar-refractivity contribution in [3.8, 4) is 0 Å². The lowest BCUT2D eigenvalue weighted by atomic mass is 9.93. The second kappa shape index (κ2) is 5.83. The van der Waals surface area contributed by atoms with E-state index < -0.39 is 9.05 Å². The zero-order valence-electron chi connectivity index (χ0n) is 9.91. The Labute approximate surface area is 106 Å². The molecule has 1 rings (SSSR count). The van der Waals surface area contributed by atoms with Crippen LogP contribution in [-0.2, 0) is 14.8 Å². The van der Waals surface area contributed by atoms with Crippen molar-refractivity contribution < 1.29 is 12.8 Å². The normalized spacial score (nSPS) is 12.1. The molecule has 1 aromatic carbocycles. The highest BCUT2D eigenvalue weighted by molar-refractivity contribution is 8.13. The average Bonchev–Trinajstić information content (AvgIpc) is 2.20. The summed E-state index contributed by atoms with van der Waals surface area (Å²) < 4.78 is 35.6. The first-order valence-electron chi connectivity index (χ1n) is 5.58. The van der Waals surface area contributed by atoms with Crippen LogP contribution < -0.4 is 0 Å². The van der Waals surface area contributed by atoms with E-state index in [1.165, 1.54) is 6.07 Å². The summed E-state index contributed by atoms with van der Waals surface area (Å²) in [5, 5.41) is 0. The van der Waals surface area contributed by atoms with Crippen LogP contribution in [0.4, 0.5) is 4.39 Å². The number of rotatable bonds is 5. The van der Waals surface area contributed by atoms with Gasteiger partial charge in [-0.05, 0) is 36.0 Å². The monoisotopic (exact) mass is 278 g/mol. The Morgan fingerprint density at radius 1 is 1.29 bits per heavy atom. The molecule has 0 aliphatic rings. The first-order chi connectivity index (χ1) is 7.87. The lowest BCUT2D eigenvalue weighted by Gasteiger charge is -2.14. The van der Waals surface area contributed by atoms with E-state index in [2.05, 4.69) is 0 Å².